The van der Waals surface area contributed by atoms with Crippen LogP contribution in [0, 0.1) is 0 Å². The third-order valence-corrected chi connectivity index (χ3v) is 4.49. The summed E-state index contributed by atoms with van der Waals surface area (Å²) in [7, 11) is -2.49. The predicted molar refractivity (Wildman–Crippen MR) is 81.3 cm³/mol. The highest BCUT2D eigenvalue weighted by molar-refractivity contribution is 7.89. The summed E-state index contributed by atoms with van der Waals surface area (Å²) in [4.78, 5) is 11.8. The fourth-order valence-electron chi connectivity index (χ4n) is 1.62. The van der Waals surface area contributed by atoms with Crippen molar-refractivity contribution >= 4 is 39.1 Å². The topological polar surface area (TPSA) is 98.5 Å². The molecule has 0 aliphatic carbocycles. The quantitative estimate of drug-likeness (QED) is 0.813. The van der Waals surface area contributed by atoms with Crippen molar-refractivity contribution in [3.8, 4) is 0 Å². The van der Waals surface area contributed by atoms with Crippen molar-refractivity contribution in [2.45, 2.75) is 24.3 Å². The molecule has 9 heteroatoms. The van der Waals surface area contributed by atoms with Gasteiger partial charge in [0, 0.05) is 19.8 Å². The second kappa shape index (κ2) is 7.42. The molecular formula is C12H16Cl2N2O4S. The molecule has 0 saturated carbocycles. The van der Waals surface area contributed by atoms with Gasteiger partial charge in [-0.3, -0.25) is 4.79 Å². The Labute approximate surface area is 133 Å². The van der Waals surface area contributed by atoms with Crippen LogP contribution in [0.25, 0.3) is 0 Å². The Morgan fingerprint density at radius 2 is 2.05 bits per heavy atom. The first-order valence-corrected chi connectivity index (χ1v) is 8.29. The molecule has 1 aromatic rings. The van der Waals surface area contributed by atoms with Crippen LogP contribution in [0.4, 0.5) is 0 Å². The Bertz CT molecular complexity index is 634. The number of benzene rings is 1. The molecule has 1 atom stereocenters. The van der Waals surface area contributed by atoms with E-state index in [1.54, 1.807) is 14.0 Å². The Balaban J connectivity index is 3.10. The Morgan fingerprint density at radius 3 is 2.57 bits per heavy atom. The number of carbonyl (C=O) groups is 1. The monoisotopic (exact) mass is 354 g/mol. The van der Waals surface area contributed by atoms with E-state index < -0.39 is 15.9 Å². The lowest BCUT2D eigenvalue weighted by atomic mass is 10.1. The van der Waals surface area contributed by atoms with Crippen LogP contribution in [0.15, 0.2) is 17.0 Å². The minimum Gasteiger partial charge on any atom is -0.385 e. The Morgan fingerprint density at radius 1 is 1.43 bits per heavy atom. The summed E-state index contributed by atoms with van der Waals surface area (Å²) in [5.74, 6) is -0.570. The van der Waals surface area contributed by atoms with Crippen molar-refractivity contribution in [3.05, 3.63) is 27.7 Å². The molecule has 0 aromatic heterocycles. The molecular weight excluding hydrogens is 339 g/mol. The highest BCUT2D eigenvalue weighted by atomic mass is 35.5. The summed E-state index contributed by atoms with van der Waals surface area (Å²) in [5, 5.41) is 7.46. The van der Waals surface area contributed by atoms with Gasteiger partial charge in [-0.05, 0) is 25.5 Å². The lowest BCUT2D eigenvalue weighted by molar-refractivity contribution is 0.0929. The van der Waals surface area contributed by atoms with Gasteiger partial charge in [-0.2, -0.15) is 0 Å². The molecule has 118 valence electrons. The van der Waals surface area contributed by atoms with Gasteiger partial charge in [-0.25, -0.2) is 13.6 Å². The van der Waals surface area contributed by atoms with E-state index in [4.69, 9.17) is 33.1 Å². The van der Waals surface area contributed by atoms with Crippen molar-refractivity contribution < 1.29 is 17.9 Å². The number of ether oxygens (including phenoxy) is 1. The Hall–Kier alpha value is -0.860. The number of carbonyl (C=O) groups excluding carboxylic acids is 1. The molecule has 0 heterocycles. The number of nitrogens with one attached hydrogen (secondary N) is 1. The van der Waals surface area contributed by atoms with Crippen LogP contribution in [0.2, 0.25) is 10.0 Å². The first-order valence-electron chi connectivity index (χ1n) is 5.99. The van der Waals surface area contributed by atoms with Crippen LogP contribution >= 0.6 is 23.2 Å². The van der Waals surface area contributed by atoms with Gasteiger partial charge >= 0.3 is 0 Å². The highest BCUT2D eigenvalue weighted by Crippen LogP contribution is 2.30. The van der Waals surface area contributed by atoms with Gasteiger partial charge < -0.3 is 10.1 Å². The van der Waals surface area contributed by atoms with Crippen LogP contribution in [0.5, 0.6) is 0 Å². The standard InChI is InChI=1S/C12H16Cl2N2O4S/c1-7(5-6-20-2)16-12(17)10-8(13)3-4-9(11(10)14)21(15,18)19/h3-4,7H,5-6H2,1-2H3,(H,16,17)(H2,15,18,19). The molecule has 0 aliphatic rings. The lowest BCUT2D eigenvalue weighted by Crippen LogP contribution is -2.34. The molecule has 3 N–H and O–H groups in total. The molecule has 0 aliphatic heterocycles. The number of hydrogen-bond donors (Lipinski definition) is 2. The minimum atomic E-state index is -4.04. The third kappa shape index (κ3) is 4.82. The average molecular weight is 355 g/mol. The number of primary sulfonamides is 1. The van der Waals surface area contributed by atoms with Crippen molar-refractivity contribution in [1.29, 1.82) is 0 Å². The maximum atomic E-state index is 12.2. The lowest BCUT2D eigenvalue weighted by Gasteiger charge is -2.15. The molecule has 1 amide bonds. The molecule has 1 unspecified atom stereocenters. The summed E-state index contributed by atoms with van der Waals surface area (Å²) in [5.41, 5.74) is -0.117. The molecule has 0 bridgehead atoms. The largest absolute Gasteiger partial charge is 0.385 e. The van der Waals surface area contributed by atoms with E-state index in [-0.39, 0.29) is 26.5 Å². The zero-order valence-corrected chi connectivity index (χ0v) is 13.8. The van der Waals surface area contributed by atoms with Gasteiger partial charge in [0.25, 0.3) is 5.91 Å². The predicted octanol–water partition coefficient (Wildman–Crippen LogP) is 1.80. The van der Waals surface area contributed by atoms with E-state index in [0.717, 1.165) is 6.07 Å². The zero-order chi connectivity index (χ0) is 16.2. The number of nitrogens with two attached hydrogens (primary N) is 1. The molecule has 0 fully saturated rings. The first kappa shape index (κ1) is 18.2. The van der Waals surface area contributed by atoms with Crippen LogP contribution in [-0.4, -0.2) is 34.1 Å². The van der Waals surface area contributed by atoms with Gasteiger partial charge in [0.1, 0.15) is 4.90 Å². The van der Waals surface area contributed by atoms with Crippen molar-refractivity contribution in [2.75, 3.05) is 13.7 Å². The normalized spacial score (nSPS) is 13.0. The summed E-state index contributed by atoms with van der Waals surface area (Å²) >= 11 is 11.9. The summed E-state index contributed by atoms with van der Waals surface area (Å²) in [6, 6.07) is 2.23. The third-order valence-electron chi connectivity index (χ3n) is 2.72. The van der Waals surface area contributed by atoms with E-state index in [1.807, 2.05) is 0 Å². The van der Waals surface area contributed by atoms with Crippen LogP contribution in [0.1, 0.15) is 23.7 Å². The molecule has 0 radical (unpaired) electrons. The number of rotatable bonds is 6. The van der Waals surface area contributed by atoms with Crippen LogP contribution in [0.3, 0.4) is 0 Å². The van der Waals surface area contributed by atoms with Gasteiger partial charge in [0.15, 0.2) is 0 Å². The maximum Gasteiger partial charge on any atom is 0.254 e. The summed E-state index contributed by atoms with van der Waals surface area (Å²) in [6.07, 6.45) is 0.590. The SMILES string of the molecule is COCCC(C)NC(=O)c1c(Cl)ccc(S(N)(=O)=O)c1Cl. The molecule has 0 saturated heterocycles. The molecule has 0 spiro atoms. The number of methoxy groups -OCH3 is 1. The zero-order valence-electron chi connectivity index (χ0n) is 11.5. The average Bonchev–Trinajstić information content (AvgIpc) is 2.34. The van der Waals surface area contributed by atoms with Crippen molar-refractivity contribution in [2.24, 2.45) is 5.14 Å². The molecule has 1 aromatic carbocycles. The maximum absolute atomic E-state index is 12.2. The van der Waals surface area contributed by atoms with E-state index >= 15 is 0 Å². The van der Waals surface area contributed by atoms with Gasteiger partial charge in [0.2, 0.25) is 10.0 Å². The number of amides is 1. The summed E-state index contributed by atoms with van der Waals surface area (Å²) in [6.45, 7) is 2.25. The van der Waals surface area contributed by atoms with Crippen molar-refractivity contribution in [3.63, 3.8) is 0 Å². The van der Waals surface area contributed by atoms with Crippen LogP contribution < -0.4 is 10.5 Å². The summed E-state index contributed by atoms with van der Waals surface area (Å²) < 4.78 is 27.7. The second-order valence-electron chi connectivity index (χ2n) is 4.44. The molecule has 6 nitrogen and oxygen atoms in total. The van der Waals surface area contributed by atoms with E-state index in [1.165, 1.54) is 6.07 Å². The highest BCUT2D eigenvalue weighted by Gasteiger charge is 2.23. The van der Waals surface area contributed by atoms with Crippen molar-refractivity contribution in [1.82, 2.24) is 5.32 Å². The number of hydrogen-bond acceptors (Lipinski definition) is 4. The number of halogens is 2. The van der Waals surface area contributed by atoms with Crippen LogP contribution in [-0.2, 0) is 14.8 Å². The van der Waals surface area contributed by atoms with E-state index in [9.17, 15) is 13.2 Å². The van der Waals surface area contributed by atoms with Gasteiger partial charge in [-0.15, -0.1) is 0 Å². The molecule has 21 heavy (non-hydrogen) atoms. The smallest absolute Gasteiger partial charge is 0.254 e. The number of sulfonamides is 1. The fraction of sp³-hybridized carbons (Fsp3) is 0.417. The second-order valence-corrected chi connectivity index (χ2v) is 6.75. The first-order chi connectivity index (χ1) is 9.68. The minimum absolute atomic E-state index is 0.0452. The fourth-order valence-corrected chi connectivity index (χ4v) is 3.10. The van der Waals surface area contributed by atoms with E-state index in [0.29, 0.717) is 13.0 Å². The van der Waals surface area contributed by atoms with Gasteiger partial charge in [0.05, 0.1) is 15.6 Å². The van der Waals surface area contributed by atoms with Gasteiger partial charge in [-0.1, -0.05) is 23.2 Å². The molecule has 1 rings (SSSR count). The Kier molecular flexibility index (Phi) is 6.42. The van der Waals surface area contributed by atoms with E-state index in [2.05, 4.69) is 5.32 Å².